The number of hydrogen-bond acceptors (Lipinski definition) is 0. The second kappa shape index (κ2) is 8.00. The van der Waals surface area contributed by atoms with Crippen LogP contribution in [0.2, 0.25) is 0 Å². The summed E-state index contributed by atoms with van der Waals surface area (Å²) in [5.41, 5.74) is 8.63. The van der Waals surface area contributed by atoms with E-state index in [-0.39, 0.29) is 0 Å². The third-order valence-corrected chi connectivity index (χ3v) is 6.97. The zero-order valence-corrected chi connectivity index (χ0v) is 19.2. The van der Waals surface area contributed by atoms with E-state index >= 15 is 0 Å². The van der Waals surface area contributed by atoms with Crippen molar-refractivity contribution in [1.82, 2.24) is 4.57 Å². The average molecular weight is 446 g/mol. The highest BCUT2D eigenvalue weighted by molar-refractivity contribution is 6.18. The van der Waals surface area contributed by atoms with Gasteiger partial charge in [-0.1, -0.05) is 109 Å². The first-order valence-electron chi connectivity index (χ1n) is 12.0. The smallest absolute Gasteiger partial charge is 0.0619 e. The van der Waals surface area contributed by atoms with Crippen LogP contribution < -0.4 is 0 Å². The number of rotatable bonds is 3. The summed E-state index contributed by atoms with van der Waals surface area (Å²) in [6.45, 7) is 0. The lowest BCUT2D eigenvalue weighted by Gasteiger charge is -2.11. The Morgan fingerprint density at radius 3 is 1.83 bits per heavy atom. The van der Waals surface area contributed by atoms with Crippen LogP contribution in [-0.2, 0) is 0 Å². The molecule has 0 unspecified atom stereocenters. The SMILES string of the molecule is c1ccc(-c2cccc(-c3ccc4c(ccc5c6ccccc6n(-c6ccccc6)c45)c3)c2)cc1. The predicted molar refractivity (Wildman–Crippen MR) is 149 cm³/mol. The van der Waals surface area contributed by atoms with Crippen LogP contribution in [0.15, 0.2) is 140 Å². The summed E-state index contributed by atoms with van der Waals surface area (Å²) in [5.74, 6) is 0. The Hall–Kier alpha value is -4.62. The second-order valence-electron chi connectivity index (χ2n) is 9.03. The number of para-hydroxylation sites is 2. The van der Waals surface area contributed by atoms with Gasteiger partial charge < -0.3 is 4.57 Å². The second-order valence-corrected chi connectivity index (χ2v) is 9.03. The molecule has 0 aliphatic rings. The van der Waals surface area contributed by atoms with Crippen molar-refractivity contribution >= 4 is 32.6 Å². The molecule has 0 aliphatic carbocycles. The van der Waals surface area contributed by atoms with Crippen molar-refractivity contribution in [2.24, 2.45) is 0 Å². The topological polar surface area (TPSA) is 4.93 Å². The molecule has 1 nitrogen and oxygen atoms in total. The zero-order chi connectivity index (χ0) is 23.2. The van der Waals surface area contributed by atoms with Gasteiger partial charge in [0.15, 0.2) is 0 Å². The van der Waals surface area contributed by atoms with Gasteiger partial charge in [0.25, 0.3) is 0 Å². The van der Waals surface area contributed by atoms with Crippen molar-refractivity contribution in [3.63, 3.8) is 0 Å². The molecule has 1 heteroatoms. The van der Waals surface area contributed by atoms with Gasteiger partial charge in [-0.2, -0.15) is 0 Å². The average Bonchev–Trinajstić information content (AvgIpc) is 3.29. The fourth-order valence-electron chi connectivity index (χ4n) is 5.32. The molecule has 0 saturated heterocycles. The van der Waals surface area contributed by atoms with Gasteiger partial charge in [-0.25, -0.2) is 0 Å². The molecule has 0 saturated carbocycles. The van der Waals surface area contributed by atoms with Crippen LogP contribution in [0.1, 0.15) is 0 Å². The van der Waals surface area contributed by atoms with Crippen molar-refractivity contribution in [2.45, 2.75) is 0 Å². The molecule has 7 rings (SSSR count). The lowest BCUT2D eigenvalue weighted by atomic mass is 9.96. The summed E-state index contributed by atoms with van der Waals surface area (Å²) >= 11 is 0. The largest absolute Gasteiger partial charge is 0.309 e. The monoisotopic (exact) mass is 445 g/mol. The van der Waals surface area contributed by atoms with Crippen LogP contribution in [0, 0.1) is 0 Å². The predicted octanol–water partition coefficient (Wildman–Crippen LogP) is 9.27. The van der Waals surface area contributed by atoms with E-state index in [1.54, 1.807) is 0 Å². The maximum atomic E-state index is 2.41. The van der Waals surface area contributed by atoms with Crippen LogP contribution in [0.5, 0.6) is 0 Å². The maximum absolute atomic E-state index is 2.41. The molecule has 6 aromatic carbocycles. The van der Waals surface area contributed by atoms with Crippen molar-refractivity contribution in [1.29, 1.82) is 0 Å². The minimum atomic E-state index is 1.19. The summed E-state index contributed by atoms with van der Waals surface area (Å²) in [4.78, 5) is 0. The molecule has 0 radical (unpaired) electrons. The first kappa shape index (κ1) is 19.8. The van der Waals surface area contributed by atoms with Crippen LogP contribution in [0.3, 0.4) is 0 Å². The molecule has 35 heavy (non-hydrogen) atoms. The van der Waals surface area contributed by atoms with E-state index in [2.05, 4.69) is 144 Å². The van der Waals surface area contributed by atoms with Gasteiger partial charge in [-0.05, 0) is 58.0 Å². The van der Waals surface area contributed by atoms with Crippen LogP contribution >= 0.6 is 0 Å². The lowest BCUT2D eigenvalue weighted by Crippen LogP contribution is -1.94. The van der Waals surface area contributed by atoms with E-state index in [1.807, 2.05) is 0 Å². The minimum absolute atomic E-state index is 1.19. The van der Waals surface area contributed by atoms with E-state index in [1.165, 1.54) is 60.5 Å². The van der Waals surface area contributed by atoms with Gasteiger partial charge >= 0.3 is 0 Å². The third-order valence-electron chi connectivity index (χ3n) is 6.97. The van der Waals surface area contributed by atoms with E-state index in [0.717, 1.165) is 0 Å². The van der Waals surface area contributed by atoms with Gasteiger partial charge in [0.2, 0.25) is 0 Å². The van der Waals surface area contributed by atoms with Crippen LogP contribution in [0.25, 0.3) is 60.5 Å². The fraction of sp³-hybridized carbons (Fsp3) is 0. The number of nitrogens with zero attached hydrogens (tertiary/aromatic N) is 1. The standard InChI is InChI=1S/C34H23N/c1-3-10-24(11-4-1)25-12-9-13-26(22-25)27-18-20-30-28(23-27)19-21-32-31-16-7-8-17-33(31)35(34(30)32)29-14-5-2-6-15-29/h1-23H. The number of aromatic nitrogens is 1. The quantitative estimate of drug-likeness (QED) is 0.255. The molecular weight excluding hydrogens is 422 g/mol. The Morgan fingerprint density at radius 2 is 1.00 bits per heavy atom. The van der Waals surface area contributed by atoms with E-state index in [9.17, 15) is 0 Å². The molecule has 0 bridgehead atoms. The maximum Gasteiger partial charge on any atom is 0.0619 e. The Balaban J connectivity index is 1.46. The first-order valence-corrected chi connectivity index (χ1v) is 12.0. The minimum Gasteiger partial charge on any atom is -0.309 e. The summed E-state index contributed by atoms with van der Waals surface area (Å²) in [5, 5.41) is 5.09. The van der Waals surface area contributed by atoms with E-state index < -0.39 is 0 Å². The molecule has 0 spiro atoms. The van der Waals surface area contributed by atoms with Crippen LogP contribution in [-0.4, -0.2) is 4.57 Å². The van der Waals surface area contributed by atoms with Crippen molar-refractivity contribution in [3.05, 3.63) is 140 Å². The molecule has 0 amide bonds. The Bertz CT molecular complexity index is 1830. The summed E-state index contributed by atoms with van der Waals surface area (Å²) in [7, 11) is 0. The normalized spacial score (nSPS) is 11.4. The van der Waals surface area contributed by atoms with Crippen molar-refractivity contribution < 1.29 is 0 Å². The Morgan fingerprint density at radius 1 is 0.371 bits per heavy atom. The molecular formula is C34H23N. The zero-order valence-electron chi connectivity index (χ0n) is 19.2. The number of benzene rings is 6. The van der Waals surface area contributed by atoms with E-state index in [0.29, 0.717) is 0 Å². The highest BCUT2D eigenvalue weighted by Crippen LogP contribution is 2.38. The molecule has 7 aromatic rings. The van der Waals surface area contributed by atoms with Gasteiger partial charge in [-0.15, -0.1) is 0 Å². The molecule has 1 aromatic heterocycles. The van der Waals surface area contributed by atoms with Crippen LogP contribution in [0.4, 0.5) is 0 Å². The third kappa shape index (κ3) is 3.25. The van der Waals surface area contributed by atoms with Crippen molar-refractivity contribution in [2.75, 3.05) is 0 Å². The first-order chi connectivity index (χ1) is 17.4. The Kier molecular flexibility index (Phi) is 4.53. The lowest BCUT2D eigenvalue weighted by molar-refractivity contribution is 1.19. The summed E-state index contributed by atoms with van der Waals surface area (Å²) in [6.07, 6.45) is 0. The molecule has 1 heterocycles. The number of hydrogen-bond donors (Lipinski definition) is 0. The summed E-state index contributed by atoms with van der Waals surface area (Å²) < 4.78 is 2.41. The molecule has 0 aliphatic heterocycles. The van der Waals surface area contributed by atoms with Crippen molar-refractivity contribution in [3.8, 4) is 27.9 Å². The van der Waals surface area contributed by atoms with Gasteiger partial charge in [0.05, 0.1) is 11.0 Å². The fourth-order valence-corrected chi connectivity index (χ4v) is 5.32. The molecule has 0 fully saturated rings. The Labute approximate surface area is 204 Å². The highest BCUT2D eigenvalue weighted by Gasteiger charge is 2.15. The number of fused-ring (bicyclic) bond motifs is 5. The van der Waals surface area contributed by atoms with Gasteiger partial charge in [-0.3, -0.25) is 0 Å². The van der Waals surface area contributed by atoms with E-state index in [4.69, 9.17) is 0 Å². The molecule has 0 N–H and O–H groups in total. The summed E-state index contributed by atoms with van der Waals surface area (Å²) in [6, 6.07) is 50.2. The molecule has 164 valence electrons. The highest BCUT2D eigenvalue weighted by atomic mass is 15.0. The van der Waals surface area contributed by atoms with Gasteiger partial charge in [0.1, 0.15) is 0 Å². The van der Waals surface area contributed by atoms with Gasteiger partial charge in [0, 0.05) is 21.8 Å². The molecule has 0 atom stereocenters.